The minimum Gasteiger partial charge on any atom is -0.0786 e. The van der Waals surface area contributed by atoms with Gasteiger partial charge >= 0.3 is 0 Å². The predicted molar refractivity (Wildman–Crippen MR) is 130 cm³/mol. The van der Waals surface area contributed by atoms with Crippen molar-refractivity contribution >= 4 is 22.0 Å². The lowest BCUT2D eigenvalue weighted by Gasteiger charge is -2.24. The summed E-state index contributed by atoms with van der Waals surface area (Å²) in [5, 5.41) is 0. The molecule has 0 aromatic heterocycles. The van der Waals surface area contributed by atoms with Crippen LogP contribution in [0.2, 0.25) is 0 Å². The Kier molecular flexibility index (Phi) is 4.21. The van der Waals surface area contributed by atoms with Crippen LogP contribution in [0.15, 0.2) is 101 Å². The summed E-state index contributed by atoms with van der Waals surface area (Å²) < 4.78 is 0. The Balaban J connectivity index is 1.34. The maximum atomic E-state index is 3.97. The molecule has 0 nitrogen and oxygen atoms in total. The maximum Gasteiger partial charge on any atom is 0.0656 e. The van der Waals surface area contributed by atoms with E-state index in [4.69, 9.17) is 0 Å². The van der Waals surface area contributed by atoms with Crippen LogP contribution in [0.1, 0.15) is 52.8 Å². The zero-order valence-corrected chi connectivity index (χ0v) is 18.6. The lowest BCUT2D eigenvalue weighted by atomic mass is 9.84. The van der Waals surface area contributed by atoms with Gasteiger partial charge < -0.3 is 0 Å². The molecule has 3 aromatic carbocycles. The average molecular weight is 451 g/mol. The number of hydrogen-bond acceptors (Lipinski definition) is 0. The third-order valence-corrected chi connectivity index (χ3v) is 7.96. The number of alkyl halides is 1. The molecule has 3 aliphatic carbocycles. The Morgan fingerprint density at radius 2 is 1.33 bits per heavy atom. The normalized spacial score (nSPS) is 19.1. The summed E-state index contributed by atoms with van der Waals surface area (Å²) >= 11 is 3.97. The Bertz CT molecular complexity index is 1230. The molecule has 1 heteroatoms. The Morgan fingerprint density at radius 1 is 0.733 bits per heavy atom. The van der Waals surface area contributed by atoms with Crippen molar-refractivity contribution in [1.82, 2.24) is 0 Å². The molecule has 0 heterocycles. The summed E-state index contributed by atoms with van der Waals surface area (Å²) in [5.74, 6) is 0.484. The minimum absolute atomic E-state index is 0.286. The van der Waals surface area contributed by atoms with Gasteiger partial charge in [-0.3, -0.25) is 0 Å². The Hall–Kier alpha value is -2.64. The molecule has 0 saturated heterocycles. The van der Waals surface area contributed by atoms with Crippen LogP contribution in [0.5, 0.6) is 0 Å². The molecule has 0 fully saturated rings. The molecule has 6 rings (SSSR count). The third-order valence-electron chi connectivity index (χ3n) is 6.97. The SMILES string of the molecule is CC1=C(CCC2c3ccccc3-c3ccccc32)C2=Cc3ccccc3C(Br)C2=C1. The second-order valence-corrected chi connectivity index (χ2v) is 9.49. The standard InChI is InChI=1S/C29H23Br/c1-18-16-28-27(17-19-8-2-3-9-21(19)29(28)30)20(18)14-15-26-24-12-6-4-10-22(24)23-11-5-7-13-25(23)26/h2-13,16-17,26,29H,14-15H2,1H3. The Labute approximate surface area is 186 Å². The van der Waals surface area contributed by atoms with Crippen LogP contribution in [-0.4, -0.2) is 0 Å². The van der Waals surface area contributed by atoms with Crippen LogP contribution in [-0.2, 0) is 0 Å². The summed E-state index contributed by atoms with van der Waals surface area (Å²) in [6, 6.07) is 26.7. The average Bonchev–Trinajstić information content (AvgIpc) is 3.27. The molecule has 0 spiro atoms. The molecule has 0 radical (unpaired) electrons. The lowest BCUT2D eigenvalue weighted by molar-refractivity contribution is 0.727. The van der Waals surface area contributed by atoms with Gasteiger partial charge in [0.15, 0.2) is 0 Å². The fraction of sp³-hybridized carbons (Fsp3) is 0.172. The Morgan fingerprint density at radius 3 is 2.03 bits per heavy atom. The van der Waals surface area contributed by atoms with Gasteiger partial charge in [-0.25, -0.2) is 0 Å². The first-order chi connectivity index (χ1) is 14.7. The predicted octanol–water partition coefficient (Wildman–Crippen LogP) is 8.37. The summed E-state index contributed by atoms with van der Waals surface area (Å²) in [4.78, 5) is 0.286. The van der Waals surface area contributed by atoms with Crippen LogP contribution in [0.3, 0.4) is 0 Å². The minimum atomic E-state index is 0.286. The van der Waals surface area contributed by atoms with Crippen molar-refractivity contribution in [2.75, 3.05) is 0 Å². The number of allylic oxidation sites excluding steroid dienone is 5. The molecule has 0 bridgehead atoms. The highest BCUT2D eigenvalue weighted by molar-refractivity contribution is 9.09. The van der Waals surface area contributed by atoms with Gasteiger partial charge in [0.25, 0.3) is 0 Å². The monoisotopic (exact) mass is 450 g/mol. The number of fused-ring (bicyclic) bond motifs is 5. The molecule has 0 amide bonds. The largest absolute Gasteiger partial charge is 0.0786 e. The highest BCUT2D eigenvalue weighted by Gasteiger charge is 2.32. The van der Waals surface area contributed by atoms with E-state index in [1.54, 1.807) is 0 Å². The molecule has 1 unspecified atom stereocenters. The molecule has 146 valence electrons. The molecule has 1 atom stereocenters. The van der Waals surface area contributed by atoms with Gasteiger partial charge in [0.1, 0.15) is 0 Å². The third kappa shape index (κ3) is 2.65. The van der Waals surface area contributed by atoms with Crippen LogP contribution >= 0.6 is 15.9 Å². The molecule has 0 N–H and O–H groups in total. The first kappa shape index (κ1) is 18.2. The van der Waals surface area contributed by atoms with Gasteiger partial charge in [0.2, 0.25) is 0 Å². The summed E-state index contributed by atoms with van der Waals surface area (Å²) in [5.41, 5.74) is 14.3. The smallest absolute Gasteiger partial charge is 0.0656 e. The first-order valence-corrected chi connectivity index (χ1v) is 11.7. The zero-order chi connectivity index (χ0) is 20.2. The molecule has 0 saturated carbocycles. The molecular formula is C29H23Br. The number of halogens is 1. The van der Waals surface area contributed by atoms with Crippen molar-refractivity contribution < 1.29 is 0 Å². The number of benzene rings is 3. The molecular weight excluding hydrogens is 428 g/mol. The van der Waals surface area contributed by atoms with Crippen molar-refractivity contribution in [1.29, 1.82) is 0 Å². The van der Waals surface area contributed by atoms with Gasteiger partial charge in [-0.2, -0.15) is 0 Å². The van der Waals surface area contributed by atoms with Crippen LogP contribution < -0.4 is 0 Å². The fourth-order valence-corrected chi connectivity index (χ4v) is 6.35. The van der Waals surface area contributed by atoms with Crippen molar-refractivity contribution in [2.45, 2.75) is 30.5 Å². The van der Waals surface area contributed by atoms with Gasteiger partial charge in [-0.15, -0.1) is 0 Å². The van der Waals surface area contributed by atoms with E-state index in [0.717, 1.165) is 12.8 Å². The summed E-state index contributed by atoms with van der Waals surface area (Å²) in [6.07, 6.45) is 7.05. The van der Waals surface area contributed by atoms with E-state index < -0.39 is 0 Å². The van der Waals surface area contributed by atoms with Crippen molar-refractivity contribution in [3.05, 3.63) is 123 Å². The second kappa shape index (κ2) is 6.96. The molecule has 0 aliphatic heterocycles. The highest BCUT2D eigenvalue weighted by atomic mass is 79.9. The van der Waals surface area contributed by atoms with Crippen LogP contribution in [0.25, 0.3) is 17.2 Å². The van der Waals surface area contributed by atoms with E-state index in [1.807, 2.05) is 0 Å². The first-order valence-electron chi connectivity index (χ1n) is 10.8. The molecule has 3 aromatic rings. The maximum absolute atomic E-state index is 3.97. The highest BCUT2D eigenvalue weighted by Crippen LogP contribution is 2.51. The topological polar surface area (TPSA) is 0 Å². The van der Waals surface area contributed by atoms with E-state index in [-0.39, 0.29) is 4.83 Å². The molecule has 3 aliphatic rings. The van der Waals surface area contributed by atoms with E-state index in [2.05, 4.69) is 108 Å². The van der Waals surface area contributed by atoms with Gasteiger partial charge in [-0.1, -0.05) is 94.8 Å². The van der Waals surface area contributed by atoms with Crippen molar-refractivity contribution in [3.8, 4) is 11.1 Å². The number of hydrogen-bond donors (Lipinski definition) is 0. The van der Waals surface area contributed by atoms with Crippen molar-refractivity contribution in [2.24, 2.45) is 0 Å². The van der Waals surface area contributed by atoms with E-state index >= 15 is 0 Å². The van der Waals surface area contributed by atoms with Gasteiger partial charge in [-0.05, 0) is 81.5 Å². The summed E-state index contributed by atoms with van der Waals surface area (Å²) in [6.45, 7) is 2.28. The van der Waals surface area contributed by atoms with E-state index in [0.29, 0.717) is 5.92 Å². The van der Waals surface area contributed by atoms with Crippen LogP contribution in [0.4, 0.5) is 0 Å². The fourth-order valence-electron chi connectivity index (χ4n) is 5.55. The number of rotatable bonds is 3. The molecule has 30 heavy (non-hydrogen) atoms. The van der Waals surface area contributed by atoms with Crippen molar-refractivity contribution in [3.63, 3.8) is 0 Å². The quantitative estimate of drug-likeness (QED) is 0.351. The zero-order valence-electron chi connectivity index (χ0n) is 17.0. The lowest BCUT2D eigenvalue weighted by Crippen LogP contribution is -2.06. The van der Waals surface area contributed by atoms with Gasteiger partial charge in [0.05, 0.1) is 4.83 Å². The van der Waals surface area contributed by atoms with Gasteiger partial charge in [0, 0.05) is 5.92 Å². The van der Waals surface area contributed by atoms with E-state index in [9.17, 15) is 0 Å². The van der Waals surface area contributed by atoms with Crippen LogP contribution in [0, 0.1) is 0 Å². The van der Waals surface area contributed by atoms with E-state index in [1.165, 1.54) is 55.7 Å². The second-order valence-electron chi connectivity index (χ2n) is 8.58. The summed E-state index contributed by atoms with van der Waals surface area (Å²) in [7, 11) is 0.